The van der Waals surface area contributed by atoms with Crippen molar-refractivity contribution in [2.45, 2.75) is 45.6 Å². The fraction of sp³-hybridized carbons (Fsp3) is 0.625. The minimum atomic E-state index is 0.409. The first-order valence-electron chi connectivity index (χ1n) is 7.31. The van der Waals surface area contributed by atoms with Crippen LogP contribution in [0.5, 0.6) is 0 Å². The van der Waals surface area contributed by atoms with E-state index in [1.165, 1.54) is 24.8 Å². The van der Waals surface area contributed by atoms with E-state index in [9.17, 15) is 0 Å². The monoisotopic (exact) mass is 299 g/mol. The zero-order valence-electron chi connectivity index (χ0n) is 11.8. The molecule has 3 heteroatoms. The van der Waals surface area contributed by atoms with E-state index in [1.54, 1.807) is 0 Å². The molecular weight excluding hydrogens is 277 g/mol. The van der Waals surface area contributed by atoms with Crippen molar-refractivity contribution in [3.05, 3.63) is 33.8 Å². The number of hydrogen-bond acceptors (Lipinski definition) is 1. The SMILES string of the molecule is CCCNC(c1ccc(Cl)c(Cl)c1)C1CCCC1C. The first-order chi connectivity index (χ1) is 9.13. The first-order valence-corrected chi connectivity index (χ1v) is 8.07. The maximum atomic E-state index is 6.18. The molecule has 1 aromatic rings. The van der Waals surface area contributed by atoms with Crippen LogP contribution in [0.25, 0.3) is 0 Å². The predicted molar refractivity (Wildman–Crippen MR) is 84.0 cm³/mol. The molecule has 1 saturated carbocycles. The van der Waals surface area contributed by atoms with Crippen molar-refractivity contribution < 1.29 is 0 Å². The highest BCUT2D eigenvalue weighted by Crippen LogP contribution is 2.41. The summed E-state index contributed by atoms with van der Waals surface area (Å²) < 4.78 is 0. The molecule has 1 N–H and O–H groups in total. The third-order valence-corrected chi connectivity index (χ3v) is 5.01. The molecule has 3 atom stereocenters. The molecule has 0 bridgehead atoms. The fourth-order valence-corrected chi connectivity index (χ4v) is 3.50. The van der Waals surface area contributed by atoms with Gasteiger partial charge in [0.05, 0.1) is 10.0 Å². The molecule has 0 radical (unpaired) electrons. The summed E-state index contributed by atoms with van der Waals surface area (Å²) in [6.45, 7) is 5.63. The number of hydrogen-bond donors (Lipinski definition) is 1. The number of rotatable bonds is 5. The molecule has 1 nitrogen and oxygen atoms in total. The van der Waals surface area contributed by atoms with Crippen molar-refractivity contribution in [2.24, 2.45) is 11.8 Å². The zero-order valence-corrected chi connectivity index (χ0v) is 13.3. The molecule has 19 heavy (non-hydrogen) atoms. The third-order valence-electron chi connectivity index (χ3n) is 4.27. The van der Waals surface area contributed by atoms with Crippen LogP contribution >= 0.6 is 23.2 Å². The van der Waals surface area contributed by atoms with Crippen LogP contribution in [-0.4, -0.2) is 6.54 Å². The third kappa shape index (κ3) is 3.65. The first kappa shape index (κ1) is 15.2. The smallest absolute Gasteiger partial charge is 0.0595 e. The van der Waals surface area contributed by atoms with Crippen LogP contribution in [0.2, 0.25) is 10.0 Å². The molecule has 2 rings (SSSR count). The Kier molecular flexibility index (Phi) is 5.56. The van der Waals surface area contributed by atoms with Crippen LogP contribution in [0.3, 0.4) is 0 Å². The lowest BCUT2D eigenvalue weighted by Crippen LogP contribution is -2.30. The zero-order chi connectivity index (χ0) is 13.8. The lowest BCUT2D eigenvalue weighted by Gasteiger charge is -2.29. The Bertz CT molecular complexity index is 419. The lowest BCUT2D eigenvalue weighted by atomic mass is 9.86. The average Bonchev–Trinajstić information content (AvgIpc) is 2.80. The highest BCUT2D eigenvalue weighted by Gasteiger charge is 2.31. The molecule has 0 aliphatic heterocycles. The van der Waals surface area contributed by atoms with Gasteiger partial charge in [-0.1, -0.05) is 56.0 Å². The molecule has 1 aromatic carbocycles. The standard InChI is InChI=1S/C16H23Cl2N/c1-3-9-19-16(13-6-4-5-11(13)2)12-7-8-14(17)15(18)10-12/h7-8,10-11,13,16,19H,3-6,9H2,1-2H3. The molecule has 106 valence electrons. The Hall–Kier alpha value is -0.240. The Labute approximate surface area is 126 Å². The number of halogens is 2. The van der Waals surface area contributed by atoms with Gasteiger partial charge in [-0.25, -0.2) is 0 Å². The van der Waals surface area contributed by atoms with Gasteiger partial charge < -0.3 is 5.32 Å². The van der Waals surface area contributed by atoms with Gasteiger partial charge in [-0.05, 0) is 48.9 Å². The minimum absolute atomic E-state index is 0.409. The summed E-state index contributed by atoms with van der Waals surface area (Å²) in [6, 6.07) is 6.47. The summed E-state index contributed by atoms with van der Waals surface area (Å²) in [4.78, 5) is 0. The van der Waals surface area contributed by atoms with Crippen molar-refractivity contribution in [3.8, 4) is 0 Å². The predicted octanol–water partition coefficient (Wildman–Crippen LogP) is 5.47. The Morgan fingerprint density at radius 3 is 2.63 bits per heavy atom. The second-order valence-electron chi connectivity index (χ2n) is 5.68. The van der Waals surface area contributed by atoms with E-state index in [0.29, 0.717) is 22.0 Å². The molecule has 0 spiro atoms. The molecule has 1 aliphatic carbocycles. The molecule has 0 saturated heterocycles. The molecule has 1 fully saturated rings. The van der Waals surface area contributed by atoms with Crippen molar-refractivity contribution >= 4 is 23.2 Å². The van der Waals surface area contributed by atoms with Crippen LogP contribution in [-0.2, 0) is 0 Å². The molecule has 1 aliphatic rings. The topological polar surface area (TPSA) is 12.0 Å². The van der Waals surface area contributed by atoms with Crippen LogP contribution in [0.1, 0.15) is 51.1 Å². The average molecular weight is 300 g/mol. The summed E-state index contributed by atoms with van der Waals surface area (Å²) >= 11 is 12.2. The molecule has 3 unspecified atom stereocenters. The Morgan fingerprint density at radius 1 is 1.26 bits per heavy atom. The van der Waals surface area contributed by atoms with E-state index >= 15 is 0 Å². The van der Waals surface area contributed by atoms with Crippen molar-refractivity contribution in [1.29, 1.82) is 0 Å². The summed E-state index contributed by atoms with van der Waals surface area (Å²) in [5.74, 6) is 1.49. The van der Waals surface area contributed by atoms with Gasteiger partial charge in [-0.3, -0.25) is 0 Å². The molecular formula is C16H23Cl2N. The van der Waals surface area contributed by atoms with E-state index in [-0.39, 0.29) is 0 Å². The lowest BCUT2D eigenvalue weighted by molar-refractivity contribution is 0.302. The van der Waals surface area contributed by atoms with Crippen molar-refractivity contribution in [2.75, 3.05) is 6.54 Å². The largest absolute Gasteiger partial charge is 0.310 e. The van der Waals surface area contributed by atoms with E-state index in [0.717, 1.165) is 18.9 Å². The van der Waals surface area contributed by atoms with Gasteiger partial charge in [-0.2, -0.15) is 0 Å². The second kappa shape index (κ2) is 6.97. The number of benzene rings is 1. The van der Waals surface area contributed by atoms with E-state index in [1.807, 2.05) is 12.1 Å². The molecule has 0 aromatic heterocycles. The normalized spacial score (nSPS) is 24.6. The van der Waals surface area contributed by atoms with E-state index < -0.39 is 0 Å². The van der Waals surface area contributed by atoms with Gasteiger partial charge in [0.25, 0.3) is 0 Å². The van der Waals surface area contributed by atoms with Gasteiger partial charge in [-0.15, -0.1) is 0 Å². The summed E-state index contributed by atoms with van der Waals surface area (Å²) in [5.41, 5.74) is 1.28. The summed E-state index contributed by atoms with van der Waals surface area (Å²) in [5, 5.41) is 5.00. The maximum absolute atomic E-state index is 6.18. The van der Waals surface area contributed by atoms with Gasteiger partial charge >= 0.3 is 0 Å². The van der Waals surface area contributed by atoms with Gasteiger partial charge in [0.2, 0.25) is 0 Å². The summed E-state index contributed by atoms with van der Waals surface area (Å²) in [7, 11) is 0. The van der Waals surface area contributed by atoms with Crippen molar-refractivity contribution in [1.82, 2.24) is 5.32 Å². The van der Waals surface area contributed by atoms with Gasteiger partial charge in [0.15, 0.2) is 0 Å². The fourth-order valence-electron chi connectivity index (χ4n) is 3.19. The van der Waals surface area contributed by atoms with Crippen molar-refractivity contribution in [3.63, 3.8) is 0 Å². The second-order valence-corrected chi connectivity index (χ2v) is 6.49. The van der Waals surface area contributed by atoms with Gasteiger partial charge in [0.1, 0.15) is 0 Å². The van der Waals surface area contributed by atoms with Crippen LogP contribution < -0.4 is 5.32 Å². The maximum Gasteiger partial charge on any atom is 0.0595 e. The highest BCUT2D eigenvalue weighted by atomic mass is 35.5. The van der Waals surface area contributed by atoms with Crippen LogP contribution in [0, 0.1) is 11.8 Å². The van der Waals surface area contributed by atoms with E-state index in [2.05, 4.69) is 25.2 Å². The van der Waals surface area contributed by atoms with Crippen LogP contribution in [0.4, 0.5) is 0 Å². The Morgan fingerprint density at radius 2 is 2.05 bits per heavy atom. The quantitative estimate of drug-likeness (QED) is 0.760. The summed E-state index contributed by atoms with van der Waals surface area (Å²) in [6.07, 6.45) is 5.15. The molecule has 0 amide bonds. The number of nitrogens with one attached hydrogen (secondary N) is 1. The van der Waals surface area contributed by atoms with Gasteiger partial charge in [0, 0.05) is 6.04 Å². The highest BCUT2D eigenvalue weighted by molar-refractivity contribution is 6.42. The Balaban J connectivity index is 2.22. The van der Waals surface area contributed by atoms with E-state index in [4.69, 9.17) is 23.2 Å². The minimum Gasteiger partial charge on any atom is -0.310 e. The molecule has 0 heterocycles. The van der Waals surface area contributed by atoms with Crippen LogP contribution in [0.15, 0.2) is 18.2 Å².